The first-order valence-corrected chi connectivity index (χ1v) is 12.4. The van der Waals surface area contributed by atoms with Crippen LogP contribution >= 0.6 is 23.2 Å². The molecule has 5 aromatic rings. The normalized spacial score (nSPS) is 11.3. The number of hydrogen-bond donors (Lipinski definition) is 1. The molecule has 0 bridgehead atoms. The number of rotatable bonds is 7. The van der Waals surface area contributed by atoms with Crippen LogP contribution in [-0.4, -0.2) is 16.7 Å². The molecule has 0 atom stereocenters. The van der Waals surface area contributed by atoms with Crippen molar-refractivity contribution >= 4 is 46.2 Å². The summed E-state index contributed by atoms with van der Waals surface area (Å²) in [6.07, 6.45) is 1.78. The number of carbonyl (C=O) groups is 1. The number of halogens is 2. The maximum Gasteiger partial charge on any atom is 0.241 e. The van der Waals surface area contributed by atoms with Gasteiger partial charge < -0.3 is 4.57 Å². The molecule has 4 nitrogen and oxygen atoms in total. The zero-order valence-corrected chi connectivity index (χ0v) is 20.9. The van der Waals surface area contributed by atoms with Crippen LogP contribution < -0.4 is 5.43 Å². The number of hydrogen-bond acceptors (Lipinski definition) is 2. The Balaban J connectivity index is 1.46. The number of aromatic nitrogens is 1. The van der Waals surface area contributed by atoms with Gasteiger partial charge in [-0.05, 0) is 29.3 Å². The highest BCUT2D eigenvalue weighted by molar-refractivity contribution is 6.36. The van der Waals surface area contributed by atoms with Gasteiger partial charge in [-0.2, -0.15) is 5.10 Å². The summed E-state index contributed by atoms with van der Waals surface area (Å²) >= 11 is 12.1. The third kappa shape index (κ3) is 5.06. The Kier molecular flexibility index (Phi) is 7.17. The van der Waals surface area contributed by atoms with E-state index >= 15 is 0 Å². The summed E-state index contributed by atoms with van der Waals surface area (Å²) in [5, 5.41) is 6.25. The van der Waals surface area contributed by atoms with Gasteiger partial charge in [-0.3, -0.25) is 4.79 Å². The average molecular weight is 512 g/mol. The second kappa shape index (κ2) is 10.8. The average Bonchev–Trinajstić information content (AvgIpc) is 3.24. The molecular weight excluding hydrogens is 489 g/mol. The van der Waals surface area contributed by atoms with E-state index in [9.17, 15) is 4.79 Å². The van der Waals surface area contributed by atoms with Crippen molar-refractivity contribution in [2.45, 2.75) is 13.0 Å². The lowest BCUT2D eigenvalue weighted by Crippen LogP contribution is -2.19. The zero-order valence-electron chi connectivity index (χ0n) is 19.4. The van der Waals surface area contributed by atoms with Gasteiger partial charge >= 0.3 is 0 Å². The van der Waals surface area contributed by atoms with Gasteiger partial charge in [-0.1, -0.05) is 108 Å². The lowest BCUT2D eigenvalue weighted by Gasteiger charge is -2.13. The minimum Gasteiger partial charge on any atom is -0.339 e. The molecule has 1 N–H and O–H groups in total. The maximum atomic E-state index is 12.7. The summed E-state index contributed by atoms with van der Waals surface area (Å²) in [5.41, 5.74) is 8.86. The predicted molar refractivity (Wildman–Crippen MR) is 150 cm³/mol. The van der Waals surface area contributed by atoms with Crippen LogP contribution in [0.25, 0.3) is 33.3 Å². The minimum atomic E-state index is -0.186. The molecule has 0 aliphatic heterocycles. The van der Waals surface area contributed by atoms with Gasteiger partial charge in [0.05, 0.1) is 16.9 Å². The molecule has 1 amide bonds. The summed E-state index contributed by atoms with van der Waals surface area (Å²) in [6, 6.07) is 34.1. The number of carbonyl (C=O) groups excluding carboxylic acids is 1. The first kappa shape index (κ1) is 23.9. The summed E-state index contributed by atoms with van der Waals surface area (Å²) in [7, 11) is 0. The molecule has 0 saturated heterocycles. The number of para-hydroxylation sites is 1. The zero-order chi connectivity index (χ0) is 24.9. The SMILES string of the molecule is O=C(CCn1c(-c2ccccc2)c(-c2ccccc2)c2ccccc21)N/N=C/c1ccc(Cl)cc1Cl. The van der Waals surface area contributed by atoms with E-state index in [4.69, 9.17) is 23.2 Å². The van der Waals surface area contributed by atoms with Gasteiger partial charge in [0.1, 0.15) is 0 Å². The topological polar surface area (TPSA) is 46.4 Å². The molecule has 1 aromatic heterocycles. The Labute approximate surface area is 219 Å². The highest BCUT2D eigenvalue weighted by Gasteiger charge is 2.20. The van der Waals surface area contributed by atoms with Crippen LogP contribution in [0.5, 0.6) is 0 Å². The molecule has 4 aromatic carbocycles. The molecule has 0 radical (unpaired) electrons. The van der Waals surface area contributed by atoms with Crippen molar-refractivity contribution in [3.05, 3.63) is 119 Å². The van der Waals surface area contributed by atoms with Crippen molar-refractivity contribution in [1.29, 1.82) is 0 Å². The lowest BCUT2D eigenvalue weighted by atomic mass is 9.98. The van der Waals surface area contributed by atoms with E-state index in [2.05, 4.69) is 69.7 Å². The number of benzene rings is 4. The number of amides is 1. The minimum absolute atomic E-state index is 0.186. The van der Waals surface area contributed by atoms with Gasteiger partial charge in [0.2, 0.25) is 5.91 Å². The first-order chi connectivity index (χ1) is 17.6. The lowest BCUT2D eigenvalue weighted by molar-refractivity contribution is -0.121. The van der Waals surface area contributed by atoms with Gasteiger partial charge in [0.15, 0.2) is 0 Å². The van der Waals surface area contributed by atoms with Crippen LogP contribution in [0.1, 0.15) is 12.0 Å². The molecule has 5 rings (SSSR count). The third-order valence-electron chi connectivity index (χ3n) is 6.00. The fourth-order valence-electron chi connectivity index (χ4n) is 4.38. The third-order valence-corrected chi connectivity index (χ3v) is 6.56. The molecule has 6 heteroatoms. The molecule has 36 heavy (non-hydrogen) atoms. The fourth-order valence-corrected chi connectivity index (χ4v) is 4.84. The van der Waals surface area contributed by atoms with Crippen molar-refractivity contribution in [2.24, 2.45) is 5.10 Å². The van der Waals surface area contributed by atoms with Gasteiger partial charge in [0.25, 0.3) is 0 Å². The Morgan fingerprint density at radius 1 is 0.833 bits per heavy atom. The number of aryl methyl sites for hydroxylation is 1. The molecule has 0 aliphatic rings. The number of fused-ring (bicyclic) bond motifs is 1. The van der Waals surface area contributed by atoms with Crippen LogP contribution in [0.15, 0.2) is 108 Å². The molecule has 0 fully saturated rings. The Bertz CT molecular complexity index is 1540. The van der Waals surface area contributed by atoms with E-state index in [1.54, 1.807) is 18.2 Å². The van der Waals surface area contributed by atoms with Crippen molar-refractivity contribution in [2.75, 3.05) is 0 Å². The molecule has 0 unspecified atom stereocenters. The van der Waals surface area contributed by atoms with Crippen LogP contribution in [0.2, 0.25) is 10.0 Å². The van der Waals surface area contributed by atoms with E-state index < -0.39 is 0 Å². The Morgan fingerprint density at radius 2 is 1.50 bits per heavy atom. The van der Waals surface area contributed by atoms with Crippen molar-refractivity contribution in [3.63, 3.8) is 0 Å². The molecule has 178 valence electrons. The van der Waals surface area contributed by atoms with E-state index in [1.807, 2.05) is 30.3 Å². The van der Waals surface area contributed by atoms with Crippen LogP contribution in [0.3, 0.4) is 0 Å². The number of nitrogens with zero attached hydrogens (tertiary/aromatic N) is 2. The van der Waals surface area contributed by atoms with Crippen molar-refractivity contribution in [1.82, 2.24) is 9.99 Å². The smallest absolute Gasteiger partial charge is 0.241 e. The van der Waals surface area contributed by atoms with Gasteiger partial charge in [-0.25, -0.2) is 5.43 Å². The Hall–Kier alpha value is -3.86. The predicted octanol–water partition coefficient (Wildman–Crippen LogP) is 7.82. The van der Waals surface area contributed by atoms with Crippen molar-refractivity contribution in [3.8, 4) is 22.4 Å². The number of nitrogens with one attached hydrogen (secondary N) is 1. The van der Waals surface area contributed by atoms with Crippen LogP contribution in [0, 0.1) is 0 Å². The number of hydrazone groups is 1. The summed E-state index contributed by atoms with van der Waals surface area (Å²) in [4.78, 5) is 12.7. The quantitative estimate of drug-likeness (QED) is 0.175. The summed E-state index contributed by atoms with van der Waals surface area (Å²) < 4.78 is 2.23. The van der Waals surface area contributed by atoms with E-state index in [0.717, 1.165) is 33.3 Å². The van der Waals surface area contributed by atoms with E-state index in [1.165, 1.54) is 6.21 Å². The van der Waals surface area contributed by atoms with Gasteiger partial charge in [0, 0.05) is 40.0 Å². The first-order valence-electron chi connectivity index (χ1n) is 11.6. The summed E-state index contributed by atoms with van der Waals surface area (Å²) in [5.74, 6) is -0.186. The van der Waals surface area contributed by atoms with Crippen LogP contribution in [0.4, 0.5) is 0 Å². The largest absolute Gasteiger partial charge is 0.339 e. The standard InChI is InChI=1S/C30H23Cl2N3O/c31-24-16-15-23(26(32)19-24)20-33-34-28(36)17-18-35-27-14-8-7-13-25(27)29(21-9-3-1-4-10-21)30(35)22-11-5-2-6-12-22/h1-16,19-20H,17-18H2,(H,34,36)/b33-20+. The summed E-state index contributed by atoms with van der Waals surface area (Å²) in [6.45, 7) is 0.501. The molecule has 0 aliphatic carbocycles. The maximum absolute atomic E-state index is 12.7. The molecule has 0 spiro atoms. The molecule has 0 saturated carbocycles. The van der Waals surface area contributed by atoms with Crippen LogP contribution in [-0.2, 0) is 11.3 Å². The second-order valence-corrected chi connectivity index (χ2v) is 9.18. The Morgan fingerprint density at radius 3 is 2.22 bits per heavy atom. The van der Waals surface area contributed by atoms with E-state index in [0.29, 0.717) is 22.2 Å². The highest BCUT2D eigenvalue weighted by Crippen LogP contribution is 2.40. The van der Waals surface area contributed by atoms with Crippen molar-refractivity contribution < 1.29 is 4.79 Å². The van der Waals surface area contributed by atoms with Gasteiger partial charge in [-0.15, -0.1) is 0 Å². The highest BCUT2D eigenvalue weighted by atomic mass is 35.5. The fraction of sp³-hybridized carbons (Fsp3) is 0.0667. The second-order valence-electron chi connectivity index (χ2n) is 8.33. The molecule has 1 heterocycles. The molecular formula is C30H23Cl2N3O. The monoisotopic (exact) mass is 511 g/mol. The van der Waals surface area contributed by atoms with E-state index in [-0.39, 0.29) is 12.3 Å².